The summed E-state index contributed by atoms with van der Waals surface area (Å²) < 4.78 is 0. The van der Waals surface area contributed by atoms with Gasteiger partial charge in [-0.05, 0) is 58.7 Å². The Morgan fingerprint density at radius 2 is 1.84 bits per heavy atom. The predicted octanol–water partition coefficient (Wildman–Crippen LogP) is 3.85. The molecule has 0 heterocycles. The number of rotatable bonds is 6. The Hall–Kier alpha value is -1.02. The Bertz CT molecular complexity index is 379. The summed E-state index contributed by atoms with van der Waals surface area (Å²) >= 11 is 0. The Labute approximate surface area is 119 Å². The van der Waals surface area contributed by atoms with E-state index in [2.05, 4.69) is 76.0 Å². The molecule has 1 atom stereocenters. The van der Waals surface area contributed by atoms with E-state index in [1.165, 1.54) is 11.3 Å². The van der Waals surface area contributed by atoms with Crippen molar-refractivity contribution in [1.82, 2.24) is 5.32 Å². The first-order valence-electron chi connectivity index (χ1n) is 7.39. The summed E-state index contributed by atoms with van der Waals surface area (Å²) in [6.07, 6.45) is 0. The molecule has 1 aromatic rings. The van der Waals surface area contributed by atoms with Crippen molar-refractivity contribution in [3.05, 3.63) is 29.8 Å². The zero-order valence-corrected chi connectivity index (χ0v) is 13.5. The molecule has 1 unspecified atom stereocenters. The van der Waals surface area contributed by atoms with Crippen molar-refractivity contribution in [3.63, 3.8) is 0 Å². The summed E-state index contributed by atoms with van der Waals surface area (Å²) in [5.74, 6) is 0.638. The topological polar surface area (TPSA) is 15.3 Å². The van der Waals surface area contributed by atoms with Crippen LogP contribution in [0.25, 0.3) is 0 Å². The first kappa shape index (κ1) is 16.0. The summed E-state index contributed by atoms with van der Waals surface area (Å²) in [6, 6.07) is 8.65. The molecule has 2 heteroatoms. The number of anilines is 1. The lowest BCUT2D eigenvalue weighted by Gasteiger charge is -2.30. The Balaban J connectivity index is 2.60. The normalized spacial score (nSPS) is 13.4. The molecule has 0 bridgehead atoms. The van der Waals surface area contributed by atoms with E-state index in [-0.39, 0.29) is 5.54 Å². The van der Waals surface area contributed by atoms with Crippen LogP contribution in [0.5, 0.6) is 0 Å². The molecule has 0 aliphatic rings. The second-order valence-electron chi connectivity index (χ2n) is 6.56. The lowest BCUT2D eigenvalue weighted by Crippen LogP contribution is -2.41. The van der Waals surface area contributed by atoms with Crippen LogP contribution in [0.3, 0.4) is 0 Å². The van der Waals surface area contributed by atoms with Crippen LogP contribution in [0.1, 0.15) is 40.2 Å². The summed E-state index contributed by atoms with van der Waals surface area (Å²) in [5.41, 5.74) is 2.93. The highest BCUT2D eigenvalue weighted by molar-refractivity contribution is 5.52. The van der Waals surface area contributed by atoms with Crippen molar-refractivity contribution in [2.24, 2.45) is 5.92 Å². The minimum Gasteiger partial charge on any atom is -0.371 e. The number of nitrogens with zero attached hydrogens (tertiary/aromatic N) is 1. The monoisotopic (exact) mass is 262 g/mol. The maximum Gasteiger partial charge on any atom is 0.0395 e. The number of para-hydroxylation sites is 1. The second-order valence-corrected chi connectivity index (χ2v) is 6.56. The van der Waals surface area contributed by atoms with Crippen molar-refractivity contribution in [2.75, 3.05) is 24.5 Å². The van der Waals surface area contributed by atoms with E-state index in [4.69, 9.17) is 0 Å². The molecule has 0 radical (unpaired) electrons. The number of benzene rings is 1. The molecule has 1 aromatic carbocycles. The molecule has 1 N–H and O–H groups in total. The van der Waals surface area contributed by atoms with Gasteiger partial charge in [0.15, 0.2) is 0 Å². The molecular weight excluding hydrogens is 232 g/mol. The van der Waals surface area contributed by atoms with Gasteiger partial charge in [-0.1, -0.05) is 25.1 Å². The largest absolute Gasteiger partial charge is 0.371 e. The second kappa shape index (κ2) is 6.95. The molecule has 19 heavy (non-hydrogen) atoms. The van der Waals surface area contributed by atoms with Gasteiger partial charge in [-0.2, -0.15) is 0 Å². The van der Waals surface area contributed by atoms with Crippen LogP contribution in [0.4, 0.5) is 5.69 Å². The first-order chi connectivity index (χ1) is 8.83. The van der Waals surface area contributed by atoms with Crippen molar-refractivity contribution < 1.29 is 0 Å². The quantitative estimate of drug-likeness (QED) is 0.838. The summed E-state index contributed by atoms with van der Waals surface area (Å²) in [4.78, 5) is 2.48. The third-order valence-corrected chi connectivity index (χ3v) is 3.35. The van der Waals surface area contributed by atoms with Gasteiger partial charge in [0.1, 0.15) is 0 Å². The van der Waals surface area contributed by atoms with Crippen LogP contribution in [-0.2, 0) is 0 Å². The summed E-state index contributed by atoms with van der Waals surface area (Å²) in [7, 11) is 0. The van der Waals surface area contributed by atoms with Crippen molar-refractivity contribution in [1.29, 1.82) is 0 Å². The van der Waals surface area contributed by atoms with Crippen LogP contribution in [0.2, 0.25) is 0 Å². The fourth-order valence-electron chi connectivity index (χ4n) is 2.24. The maximum absolute atomic E-state index is 3.59. The van der Waals surface area contributed by atoms with E-state index in [1.54, 1.807) is 0 Å². The number of hydrogen-bond donors (Lipinski definition) is 1. The molecule has 0 spiro atoms. The Kier molecular flexibility index (Phi) is 5.86. The SMILES string of the molecule is CCN(CC(C)CNC(C)(C)C)c1ccccc1C. The summed E-state index contributed by atoms with van der Waals surface area (Å²) in [5, 5.41) is 3.59. The molecule has 0 saturated carbocycles. The van der Waals surface area contributed by atoms with Crippen molar-refractivity contribution >= 4 is 5.69 Å². The predicted molar refractivity (Wildman–Crippen MR) is 86.0 cm³/mol. The first-order valence-corrected chi connectivity index (χ1v) is 7.39. The fourth-order valence-corrected chi connectivity index (χ4v) is 2.24. The van der Waals surface area contributed by atoms with E-state index in [1.807, 2.05) is 0 Å². The lowest BCUT2D eigenvalue weighted by molar-refractivity contribution is 0.382. The standard InChI is InChI=1S/C17H30N2/c1-7-19(16-11-9-8-10-15(16)3)13-14(2)12-18-17(4,5)6/h8-11,14,18H,7,12-13H2,1-6H3. The highest BCUT2D eigenvalue weighted by Crippen LogP contribution is 2.20. The molecule has 1 rings (SSSR count). The number of aryl methyl sites for hydroxylation is 1. The van der Waals surface area contributed by atoms with E-state index >= 15 is 0 Å². The average molecular weight is 262 g/mol. The molecule has 0 aliphatic carbocycles. The maximum atomic E-state index is 3.59. The smallest absolute Gasteiger partial charge is 0.0395 e. The highest BCUT2D eigenvalue weighted by atomic mass is 15.1. The zero-order valence-electron chi connectivity index (χ0n) is 13.5. The van der Waals surface area contributed by atoms with Crippen LogP contribution in [0.15, 0.2) is 24.3 Å². The molecule has 0 fully saturated rings. The van der Waals surface area contributed by atoms with Gasteiger partial charge in [-0.3, -0.25) is 0 Å². The van der Waals surface area contributed by atoms with Crippen molar-refractivity contribution in [2.45, 2.75) is 47.1 Å². The van der Waals surface area contributed by atoms with Crippen LogP contribution in [0, 0.1) is 12.8 Å². The average Bonchev–Trinajstić information content (AvgIpc) is 2.33. The third-order valence-electron chi connectivity index (χ3n) is 3.35. The van der Waals surface area contributed by atoms with Crippen molar-refractivity contribution in [3.8, 4) is 0 Å². The van der Waals surface area contributed by atoms with Gasteiger partial charge in [0.2, 0.25) is 0 Å². The minimum absolute atomic E-state index is 0.202. The molecule has 0 amide bonds. The number of hydrogen-bond acceptors (Lipinski definition) is 2. The fraction of sp³-hybridized carbons (Fsp3) is 0.647. The van der Waals surface area contributed by atoms with E-state index in [0.29, 0.717) is 5.92 Å². The Morgan fingerprint density at radius 3 is 2.37 bits per heavy atom. The molecular formula is C17H30N2. The molecule has 0 aliphatic heterocycles. The van der Waals surface area contributed by atoms with Crippen LogP contribution in [-0.4, -0.2) is 25.2 Å². The van der Waals surface area contributed by atoms with Gasteiger partial charge in [0, 0.05) is 24.3 Å². The third kappa shape index (κ3) is 5.65. The van der Waals surface area contributed by atoms with Crippen LogP contribution < -0.4 is 10.2 Å². The molecule has 108 valence electrons. The molecule has 2 nitrogen and oxygen atoms in total. The van der Waals surface area contributed by atoms with E-state index < -0.39 is 0 Å². The van der Waals surface area contributed by atoms with Gasteiger partial charge in [-0.15, -0.1) is 0 Å². The van der Waals surface area contributed by atoms with E-state index in [9.17, 15) is 0 Å². The summed E-state index contributed by atoms with van der Waals surface area (Å²) in [6.45, 7) is 16.6. The van der Waals surface area contributed by atoms with Gasteiger partial charge in [0.05, 0.1) is 0 Å². The molecule has 0 saturated heterocycles. The van der Waals surface area contributed by atoms with Gasteiger partial charge >= 0.3 is 0 Å². The highest BCUT2D eigenvalue weighted by Gasteiger charge is 2.14. The Morgan fingerprint density at radius 1 is 1.21 bits per heavy atom. The molecule has 0 aromatic heterocycles. The van der Waals surface area contributed by atoms with E-state index in [0.717, 1.165) is 19.6 Å². The number of nitrogens with one attached hydrogen (secondary N) is 1. The van der Waals surface area contributed by atoms with Gasteiger partial charge < -0.3 is 10.2 Å². The van der Waals surface area contributed by atoms with Gasteiger partial charge in [-0.25, -0.2) is 0 Å². The minimum atomic E-state index is 0.202. The zero-order chi connectivity index (χ0) is 14.5. The van der Waals surface area contributed by atoms with Crippen LogP contribution >= 0.6 is 0 Å². The van der Waals surface area contributed by atoms with Gasteiger partial charge in [0.25, 0.3) is 0 Å². The lowest BCUT2D eigenvalue weighted by atomic mass is 10.1.